The van der Waals surface area contributed by atoms with Crippen molar-refractivity contribution in [1.82, 2.24) is 14.8 Å². The Morgan fingerprint density at radius 3 is 2.40 bits per heavy atom. The zero-order valence-electron chi connectivity index (χ0n) is 20.2. The molecule has 35 heavy (non-hydrogen) atoms. The number of pyridine rings is 1. The normalized spacial score (nSPS) is 14.0. The van der Waals surface area contributed by atoms with Crippen LogP contribution in [0.5, 0.6) is 5.75 Å². The summed E-state index contributed by atoms with van der Waals surface area (Å²) >= 11 is 0. The standard InChI is InChI=1S/C28H32N4O3/c1-31-13-15-32(16-14-31)28(34)24-4-2-3-23(17-24)20-35-26-10-6-21(7-11-26)18-25(33)9-5-22-8-12-27(29)30-19-22/h2-4,6-8,10-12,17,19H,5,9,13-16,18,20H2,1H3,(H2,29,30). The van der Waals surface area contributed by atoms with Crippen molar-refractivity contribution in [1.29, 1.82) is 0 Å². The van der Waals surface area contributed by atoms with Crippen LogP contribution in [-0.2, 0) is 24.2 Å². The summed E-state index contributed by atoms with van der Waals surface area (Å²) in [6.45, 7) is 3.68. The number of nitrogen functional groups attached to an aromatic ring is 1. The average molecular weight is 473 g/mol. The minimum atomic E-state index is 0.0710. The number of carbonyl (C=O) groups excluding carboxylic acids is 2. The number of Topliss-reactive ketones (excluding diaryl/α,β-unsaturated/α-hetero) is 1. The number of rotatable bonds is 9. The molecule has 3 aromatic rings. The van der Waals surface area contributed by atoms with Gasteiger partial charge in [0.25, 0.3) is 5.91 Å². The van der Waals surface area contributed by atoms with Gasteiger partial charge in [0.05, 0.1) is 0 Å². The number of benzene rings is 2. The zero-order valence-corrected chi connectivity index (χ0v) is 20.2. The number of hydrogen-bond donors (Lipinski definition) is 1. The first kappa shape index (κ1) is 24.4. The van der Waals surface area contributed by atoms with Gasteiger partial charge in [-0.2, -0.15) is 0 Å². The molecule has 1 saturated heterocycles. The first-order valence-corrected chi connectivity index (χ1v) is 12.0. The highest BCUT2D eigenvalue weighted by Gasteiger charge is 2.20. The Balaban J connectivity index is 1.25. The number of ketones is 1. The average Bonchev–Trinajstić information content (AvgIpc) is 2.88. The quantitative estimate of drug-likeness (QED) is 0.514. The number of anilines is 1. The molecule has 0 radical (unpaired) electrons. The summed E-state index contributed by atoms with van der Waals surface area (Å²) in [5.74, 6) is 1.46. The number of carbonyl (C=O) groups is 2. The van der Waals surface area contributed by atoms with Crippen molar-refractivity contribution in [2.45, 2.75) is 25.9 Å². The molecule has 1 amide bonds. The zero-order chi connectivity index (χ0) is 24.6. The molecule has 0 unspecified atom stereocenters. The van der Waals surface area contributed by atoms with Crippen LogP contribution in [0.3, 0.4) is 0 Å². The molecular weight excluding hydrogens is 440 g/mol. The van der Waals surface area contributed by atoms with Crippen molar-refractivity contribution >= 4 is 17.5 Å². The monoisotopic (exact) mass is 472 g/mol. The molecule has 0 spiro atoms. The summed E-state index contributed by atoms with van der Waals surface area (Å²) in [5.41, 5.74) is 9.20. The van der Waals surface area contributed by atoms with Crippen molar-refractivity contribution in [3.05, 3.63) is 89.1 Å². The fourth-order valence-electron chi connectivity index (χ4n) is 4.04. The summed E-state index contributed by atoms with van der Waals surface area (Å²) in [4.78, 5) is 33.4. The van der Waals surface area contributed by atoms with E-state index in [1.54, 1.807) is 12.3 Å². The molecule has 1 aliphatic heterocycles. The van der Waals surface area contributed by atoms with E-state index in [9.17, 15) is 9.59 Å². The lowest BCUT2D eigenvalue weighted by molar-refractivity contribution is -0.118. The second-order valence-corrected chi connectivity index (χ2v) is 9.04. The number of nitrogens with zero attached hydrogens (tertiary/aromatic N) is 3. The Bertz CT molecular complexity index is 1140. The summed E-state index contributed by atoms with van der Waals surface area (Å²) < 4.78 is 5.93. The van der Waals surface area contributed by atoms with Crippen molar-refractivity contribution in [2.24, 2.45) is 0 Å². The van der Waals surface area contributed by atoms with Crippen LogP contribution >= 0.6 is 0 Å². The third-order valence-corrected chi connectivity index (χ3v) is 6.23. The lowest BCUT2D eigenvalue weighted by Crippen LogP contribution is -2.47. The number of hydrogen-bond acceptors (Lipinski definition) is 6. The van der Waals surface area contributed by atoms with Gasteiger partial charge in [0.2, 0.25) is 0 Å². The summed E-state index contributed by atoms with van der Waals surface area (Å²) in [6.07, 6.45) is 3.22. The molecule has 0 atom stereocenters. The van der Waals surface area contributed by atoms with Crippen LogP contribution in [0.4, 0.5) is 5.82 Å². The SMILES string of the molecule is CN1CCN(C(=O)c2cccc(COc3ccc(CC(=O)CCc4ccc(N)nc4)cc3)c2)CC1. The van der Waals surface area contributed by atoms with Gasteiger partial charge < -0.3 is 20.3 Å². The van der Waals surface area contributed by atoms with Crippen molar-refractivity contribution in [2.75, 3.05) is 39.0 Å². The molecule has 0 aliphatic carbocycles. The van der Waals surface area contributed by atoms with Gasteiger partial charge in [0.15, 0.2) is 0 Å². The summed E-state index contributed by atoms with van der Waals surface area (Å²) in [7, 11) is 2.07. The van der Waals surface area contributed by atoms with Crippen LogP contribution in [0.2, 0.25) is 0 Å². The molecule has 2 aromatic carbocycles. The van der Waals surface area contributed by atoms with Gasteiger partial charge in [-0.1, -0.05) is 30.3 Å². The predicted octanol–water partition coefficient (Wildman–Crippen LogP) is 3.37. The highest BCUT2D eigenvalue weighted by atomic mass is 16.5. The molecule has 1 aliphatic rings. The smallest absolute Gasteiger partial charge is 0.253 e. The minimum absolute atomic E-state index is 0.0710. The van der Waals surface area contributed by atoms with Crippen LogP contribution in [0.15, 0.2) is 66.9 Å². The molecule has 1 aromatic heterocycles. The second-order valence-electron chi connectivity index (χ2n) is 9.04. The minimum Gasteiger partial charge on any atom is -0.489 e. The fourth-order valence-corrected chi connectivity index (χ4v) is 4.04. The highest BCUT2D eigenvalue weighted by molar-refractivity contribution is 5.94. The van der Waals surface area contributed by atoms with E-state index in [-0.39, 0.29) is 11.7 Å². The number of piperazine rings is 1. The molecule has 182 valence electrons. The second kappa shape index (κ2) is 11.6. The van der Waals surface area contributed by atoms with E-state index in [0.29, 0.717) is 37.3 Å². The Labute approximate surface area is 206 Å². The topological polar surface area (TPSA) is 88.8 Å². The van der Waals surface area contributed by atoms with Crippen molar-refractivity contribution < 1.29 is 14.3 Å². The molecule has 1 fully saturated rings. The molecule has 0 saturated carbocycles. The molecule has 4 rings (SSSR count). The van der Waals surface area contributed by atoms with E-state index >= 15 is 0 Å². The Morgan fingerprint density at radius 2 is 1.69 bits per heavy atom. The largest absolute Gasteiger partial charge is 0.489 e. The van der Waals surface area contributed by atoms with Crippen molar-refractivity contribution in [3.63, 3.8) is 0 Å². The third kappa shape index (κ3) is 7.13. The van der Waals surface area contributed by atoms with E-state index in [4.69, 9.17) is 10.5 Å². The van der Waals surface area contributed by atoms with Gasteiger partial charge in [0, 0.05) is 50.8 Å². The number of ether oxygens (including phenoxy) is 1. The van der Waals surface area contributed by atoms with Gasteiger partial charge >= 0.3 is 0 Å². The van der Waals surface area contributed by atoms with E-state index in [1.165, 1.54) is 0 Å². The van der Waals surface area contributed by atoms with E-state index in [2.05, 4.69) is 16.9 Å². The fraction of sp³-hybridized carbons (Fsp3) is 0.321. The molecular formula is C28H32N4O3. The third-order valence-electron chi connectivity index (χ3n) is 6.23. The van der Waals surface area contributed by atoms with E-state index < -0.39 is 0 Å². The van der Waals surface area contributed by atoms with Crippen LogP contribution in [0, 0.1) is 0 Å². The lowest BCUT2D eigenvalue weighted by atomic mass is 10.0. The maximum atomic E-state index is 12.8. The van der Waals surface area contributed by atoms with Crippen LogP contribution in [-0.4, -0.2) is 59.7 Å². The number of aromatic nitrogens is 1. The maximum absolute atomic E-state index is 12.8. The van der Waals surface area contributed by atoms with Crippen LogP contribution in [0.25, 0.3) is 0 Å². The summed E-state index contributed by atoms with van der Waals surface area (Å²) in [5, 5.41) is 0. The number of likely N-dealkylation sites (N-methyl/N-ethyl adjacent to an activating group) is 1. The Hall–Kier alpha value is -3.71. The highest BCUT2D eigenvalue weighted by Crippen LogP contribution is 2.17. The number of amides is 1. The van der Waals surface area contributed by atoms with Gasteiger partial charge in [-0.15, -0.1) is 0 Å². The first-order chi connectivity index (χ1) is 17.0. The van der Waals surface area contributed by atoms with Gasteiger partial charge in [-0.25, -0.2) is 4.98 Å². The maximum Gasteiger partial charge on any atom is 0.253 e. The first-order valence-electron chi connectivity index (χ1n) is 12.0. The van der Waals surface area contributed by atoms with Gasteiger partial charge in [-0.05, 0) is 60.5 Å². The molecule has 7 nitrogen and oxygen atoms in total. The van der Waals surface area contributed by atoms with Crippen molar-refractivity contribution in [3.8, 4) is 5.75 Å². The van der Waals surface area contributed by atoms with Crippen LogP contribution in [0.1, 0.15) is 33.5 Å². The number of aryl methyl sites for hydroxylation is 1. The lowest BCUT2D eigenvalue weighted by Gasteiger charge is -2.32. The summed E-state index contributed by atoms with van der Waals surface area (Å²) in [6, 6.07) is 18.9. The predicted molar refractivity (Wildman–Crippen MR) is 136 cm³/mol. The molecule has 2 heterocycles. The van der Waals surface area contributed by atoms with E-state index in [0.717, 1.165) is 48.6 Å². The van der Waals surface area contributed by atoms with E-state index in [1.807, 2.05) is 59.5 Å². The van der Waals surface area contributed by atoms with Gasteiger partial charge in [0.1, 0.15) is 24.0 Å². The Morgan fingerprint density at radius 1 is 0.943 bits per heavy atom. The Kier molecular flexibility index (Phi) is 8.11. The molecule has 2 N–H and O–H groups in total. The van der Waals surface area contributed by atoms with Gasteiger partial charge in [-0.3, -0.25) is 9.59 Å². The van der Waals surface area contributed by atoms with Crippen LogP contribution < -0.4 is 10.5 Å². The molecule has 0 bridgehead atoms. The number of nitrogens with two attached hydrogens (primary N) is 1. The molecule has 7 heteroatoms.